The predicted octanol–water partition coefficient (Wildman–Crippen LogP) is 5.20. The van der Waals surface area contributed by atoms with Crippen LogP contribution in [0.3, 0.4) is 0 Å². The maximum atomic E-state index is 14.1. The molecule has 3 aromatic carbocycles. The number of hydrogen-bond donors (Lipinski definition) is 1. The molecule has 1 N–H and O–H groups in total. The quantitative estimate of drug-likeness (QED) is 0.310. The van der Waals surface area contributed by atoms with E-state index in [1.807, 2.05) is 13.8 Å². The Labute approximate surface area is 247 Å². The molecule has 1 aliphatic carbocycles. The van der Waals surface area contributed by atoms with E-state index in [1.54, 1.807) is 48.5 Å². The van der Waals surface area contributed by atoms with E-state index >= 15 is 0 Å². The van der Waals surface area contributed by atoms with Gasteiger partial charge in [-0.3, -0.25) is 13.9 Å². The van der Waals surface area contributed by atoms with E-state index in [0.29, 0.717) is 17.7 Å². The maximum absolute atomic E-state index is 14.1. The summed E-state index contributed by atoms with van der Waals surface area (Å²) in [6.07, 6.45) is 4.16. The summed E-state index contributed by atoms with van der Waals surface area (Å²) in [5, 5.41) is 3.08. The summed E-state index contributed by atoms with van der Waals surface area (Å²) in [4.78, 5) is 29.1. The smallest absolute Gasteiger partial charge is 0.264 e. The molecule has 4 rings (SSSR count). The van der Waals surface area contributed by atoms with Gasteiger partial charge in [-0.15, -0.1) is 0 Å². The van der Waals surface area contributed by atoms with Gasteiger partial charge in [0.05, 0.1) is 17.7 Å². The maximum Gasteiger partial charge on any atom is 0.264 e. The van der Waals surface area contributed by atoms with Crippen LogP contribution in [0, 0.1) is 12.7 Å². The van der Waals surface area contributed by atoms with Gasteiger partial charge >= 0.3 is 0 Å². The van der Waals surface area contributed by atoms with Crippen LogP contribution in [0.2, 0.25) is 0 Å². The normalized spacial score (nSPS) is 14.3. The number of carbonyl (C=O) groups excluding carboxylic acids is 2. The minimum absolute atomic E-state index is 0.0107. The minimum Gasteiger partial charge on any atom is -0.497 e. The summed E-state index contributed by atoms with van der Waals surface area (Å²) in [6, 6.07) is 17.7. The first-order valence-electron chi connectivity index (χ1n) is 14.2. The van der Waals surface area contributed by atoms with Crippen molar-refractivity contribution in [1.82, 2.24) is 10.2 Å². The Hall–Kier alpha value is -3.92. The van der Waals surface area contributed by atoms with Crippen molar-refractivity contribution >= 4 is 27.5 Å². The van der Waals surface area contributed by atoms with Crippen molar-refractivity contribution in [2.75, 3.05) is 18.0 Å². The first-order chi connectivity index (χ1) is 20.1. The number of benzene rings is 3. The van der Waals surface area contributed by atoms with E-state index in [4.69, 9.17) is 4.74 Å². The summed E-state index contributed by atoms with van der Waals surface area (Å²) >= 11 is 0. The fourth-order valence-corrected chi connectivity index (χ4v) is 6.60. The molecular formula is C32H38FN3O5S. The molecule has 1 aliphatic rings. The first kappa shape index (κ1) is 31.0. The van der Waals surface area contributed by atoms with E-state index in [0.717, 1.165) is 35.6 Å². The number of anilines is 1. The van der Waals surface area contributed by atoms with Crippen molar-refractivity contribution in [1.29, 1.82) is 0 Å². The van der Waals surface area contributed by atoms with Crippen LogP contribution in [0.1, 0.15) is 50.2 Å². The molecule has 8 nitrogen and oxygen atoms in total. The molecule has 224 valence electrons. The summed E-state index contributed by atoms with van der Waals surface area (Å²) in [6.45, 7) is 3.14. The zero-order chi connectivity index (χ0) is 30.3. The third-order valence-corrected chi connectivity index (χ3v) is 9.39. The van der Waals surface area contributed by atoms with Crippen molar-refractivity contribution in [2.24, 2.45) is 0 Å². The minimum atomic E-state index is -4.17. The van der Waals surface area contributed by atoms with Crippen LogP contribution in [0.4, 0.5) is 10.1 Å². The SMILES string of the molecule is CC[C@@H](C(=O)NC1CCCC1)N(Cc1ccc(F)cc1)C(=O)CN(c1ccc(OC)cc1)S(=O)(=O)c1ccc(C)cc1. The highest BCUT2D eigenvalue weighted by molar-refractivity contribution is 7.92. The Morgan fingerprint density at radius 2 is 1.60 bits per heavy atom. The average Bonchev–Trinajstić information content (AvgIpc) is 3.50. The van der Waals surface area contributed by atoms with E-state index < -0.39 is 34.3 Å². The highest BCUT2D eigenvalue weighted by Gasteiger charge is 2.34. The molecule has 0 heterocycles. The van der Waals surface area contributed by atoms with Crippen molar-refractivity contribution in [2.45, 2.75) is 69.5 Å². The zero-order valence-corrected chi connectivity index (χ0v) is 25.1. The van der Waals surface area contributed by atoms with E-state index in [-0.39, 0.29) is 29.1 Å². The fraction of sp³-hybridized carbons (Fsp3) is 0.375. The lowest BCUT2D eigenvalue weighted by Gasteiger charge is -2.33. The third-order valence-electron chi connectivity index (χ3n) is 7.60. The molecule has 1 fully saturated rings. The molecule has 0 spiro atoms. The van der Waals surface area contributed by atoms with Gasteiger partial charge in [-0.25, -0.2) is 12.8 Å². The molecule has 2 amide bonds. The third kappa shape index (κ3) is 7.47. The molecule has 0 unspecified atom stereocenters. The number of rotatable bonds is 12. The Morgan fingerprint density at radius 3 is 2.17 bits per heavy atom. The number of halogens is 1. The lowest BCUT2D eigenvalue weighted by molar-refractivity contribution is -0.140. The van der Waals surface area contributed by atoms with Crippen LogP contribution >= 0.6 is 0 Å². The lowest BCUT2D eigenvalue weighted by atomic mass is 10.1. The summed E-state index contributed by atoms with van der Waals surface area (Å²) in [5.41, 5.74) is 1.79. The molecule has 1 saturated carbocycles. The van der Waals surface area contributed by atoms with Gasteiger partial charge in [-0.05, 0) is 80.3 Å². The molecule has 10 heteroatoms. The molecule has 1 atom stereocenters. The number of amides is 2. The molecular weight excluding hydrogens is 557 g/mol. The zero-order valence-electron chi connectivity index (χ0n) is 24.3. The number of hydrogen-bond acceptors (Lipinski definition) is 5. The first-order valence-corrected chi connectivity index (χ1v) is 15.6. The van der Waals surface area contributed by atoms with Gasteiger partial charge in [0, 0.05) is 12.6 Å². The lowest BCUT2D eigenvalue weighted by Crippen LogP contribution is -2.53. The second kappa shape index (κ2) is 13.8. The largest absolute Gasteiger partial charge is 0.497 e. The van der Waals surface area contributed by atoms with Crippen LogP contribution in [-0.2, 0) is 26.2 Å². The van der Waals surface area contributed by atoms with E-state index in [9.17, 15) is 22.4 Å². The number of ether oxygens (including phenoxy) is 1. The fourth-order valence-electron chi connectivity index (χ4n) is 5.19. The van der Waals surface area contributed by atoms with E-state index in [2.05, 4.69) is 5.32 Å². The molecule has 3 aromatic rings. The number of methoxy groups -OCH3 is 1. The molecule has 0 radical (unpaired) electrons. The Bertz CT molecular complexity index is 1460. The predicted molar refractivity (Wildman–Crippen MR) is 160 cm³/mol. The van der Waals surface area contributed by atoms with Crippen molar-refractivity contribution in [3.63, 3.8) is 0 Å². The molecule has 42 heavy (non-hydrogen) atoms. The molecule has 0 aromatic heterocycles. The van der Waals surface area contributed by atoms with Crippen molar-refractivity contribution < 1.29 is 27.1 Å². The standard InChI is InChI=1S/C32H38FN3O5S/c1-4-30(32(38)34-26-7-5-6-8-26)35(21-24-11-13-25(33)14-12-24)31(37)22-36(27-15-17-28(41-3)18-16-27)42(39,40)29-19-9-23(2)10-20-29/h9-20,26,30H,4-8,21-22H2,1-3H3,(H,34,38)/t30-/m0/s1. The number of nitrogens with zero attached hydrogens (tertiary/aromatic N) is 2. The number of carbonyl (C=O) groups is 2. The van der Waals surface area contributed by atoms with Crippen LogP contribution in [-0.4, -0.2) is 50.9 Å². The number of nitrogens with one attached hydrogen (secondary N) is 1. The second-order valence-corrected chi connectivity index (χ2v) is 12.4. The van der Waals surface area contributed by atoms with Gasteiger partial charge in [0.25, 0.3) is 10.0 Å². The Morgan fingerprint density at radius 1 is 0.976 bits per heavy atom. The van der Waals surface area contributed by atoms with Crippen LogP contribution in [0.15, 0.2) is 77.7 Å². The van der Waals surface area contributed by atoms with Crippen molar-refractivity contribution in [3.8, 4) is 5.75 Å². The molecule has 0 aliphatic heterocycles. The van der Waals surface area contributed by atoms with Gasteiger partial charge in [-0.2, -0.15) is 0 Å². The van der Waals surface area contributed by atoms with Crippen LogP contribution in [0.5, 0.6) is 5.75 Å². The molecule has 0 saturated heterocycles. The summed E-state index contributed by atoms with van der Waals surface area (Å²) < 4.78 is 47.9. The van der Waals surface area contributed by atoms with Gasteiger partial charge in [-0.1, -0.05) is 49.6 Å². The van der Waals surface area contributed by atoms with Gasteiger partial charge in [0.2, 0.25) is 11.8 Å². The van der Waals surface area contributed by atoms with Crippen LogP contribution in [0.25, 0.3) is 0 Å². The van der Waals surface area contributed by atoms with Crippen molar-refractivity contribution in [3.05, 3.63) is 89.7 Å². The van der Waals surface area contributed by atoms with Crippen LogP contribution < -0.4 is 14.4 Å². The summed E-state index contributed by atoms with van der Waals surface area (Å²) in [7, 11) is -2.67. The highest BCUT2D eigenvalue weighted by Crippen LogP contribution is 2.27. The topological polar surface area (TPSA) is 96.0 Å². The number of sulfonamides is 1. The van der Waals surface area contributed by atoms with Gasteiger partial charge < -0.3 is 15.0 Å². The summed E-state index contributed by atoms with van der Waals surface area (Å²) in [5.74, 6) is -0.723. The molecule has 0 bridgehead atoms. The number of aryl methyl sites for hydroxylation is 1. The van der Waals surface area contributed by atoms with Gasteiger partial charge in [0.1, 0.15) is 24.2 Å². The van der Waals surface area contributed by atoms with Gasteiger partial charge in [0.15, 0.2) is 0 Å². The van der Waals surface area contributed by atoms with E-state index in [1.165, 1.54) is 36.3 Å². The average molecular weight is 596 g/mol. The highest BCUT2D eigenvalue weighted by atomic mass is 32.2. The Kier molecular flexibility index (Phi) is 10.2. The Balaban J connectivity index is 1.71. The monoisotopic (exact) mass is 595 g/mol. The second-order valence-electron chi connectivity index (χ2n) is 10.6.